The number of likely N-dealkylation sites (tertiary alicyclic amines) is 1. The summed E-state index contributed by atoms with van der Waals surface area (Å²) >= 11 is 0. The Bertz CT molecular complexity index is 714. The number of H-pyrrole nitrogens is 1. The molecule has 0 saturated carbocycles. The quantitative estimate of drug-likeness (QED) is 0.877. The number of benzene rings is 1. The van der Waals surface area contributed by atoms with Crippen LogP contribution in [0.25, 0.3) is 10.9 Å². The molecular formula is C20H30N4O. The zero-order valence-electron chi connectivity index (χ0n) is 15.6. The average Bonchev–Trinajstić information content (AvgIpc) is 2.84. The van der Waals surface area contributed by atoms with Crippen molar-refractivity contribution >= 4 is 22.5 Å². The minimum atomic E-state index is -0.0232. The Labute approximate surface area is 150 Å². The molecule has 1 aromatic carbocycles. The highest BCUT2D eigenvalue weighted by atomic mass is 16.1. The summed E-state index contributed by atoms with van der Waals surface area (Å²) in [6, 6.07) is 8.28. The zero-order valence-corrected chi connectivity index (χ0v) is 15.6. The topological polar surface area (TPSA) is 51.4 Å². The Kier molecular flexibility index (Phi) is 5.63. The first-order valence-corrected chi connectivity index (χ1v) is 9.36. The van der Waals surface area contributed by atoms with E-state index in [2.05, 4.69) is 45.2 Å². The van der Waals surface area contributed by atoms with Crippen LogP contribution in [0.15, 0.2) is 24.3 Å². The van der Waals surface area contributed by atoms with Gasteiger partial charge in [0, 0.05) is 43.3 Å². The molecule has 1 amide bonds. The van der Waals surface area contributed by atoms with Crippen molar-refractivity contribution in [3.8, 4) is 0 Å². The second-order valence-electron chi connectivity index (χ2n) is 7.44. The number of carbonyl (C=O) groups excluding carboxylic acids is 1. The van der Waals surface area contributed by atoms with Crippen LogP contribution in [-0.2, 0) is 0 Å². The lowest BCUT2D eigenvalue weighted by molar-refractivity contribution is 0.0925. The van der Waals surface area contributed by atoms with Gasteiger partial charge in [-0.05, 0) is 51.1 Å². The lowest BCUT2D eigenvalue weighted by Gasteiger charge is -2.24. The van der Waals surface area contributed by atoms with E-state index in [1.807, 2.05) is 20.2 Å². The number of rotatable bonds is 5. The standard InChI is InChI=1S/C20H30N4O/c1-15(14-24-10-6-4-5-7-11-24)21-20(25)19-12-16-8-9-17(23(2)3)13-18(16)22-19/h8-9,12-13,15,22H,4-7,10-11,14H2,1-3H3,(H,21,25)/t15-/m1/s1. The number of fused-ring (bicyclic) bond motifs is 1. The summed E-state index contributed by atoms with van der Waals surface area (Å²) in [4.78, 5) is 20.4. The largest absolute Gasteiger partial charge is 0.378 e. The van der Waals surface area contributed by atoms with Crippen molar-refractivity contribution in [1.29, 1.82) is 0 Å². The maximum absolute atomic E-state index is 12.6. The van der Waals surface area contributed by atoms with Gasteiger partial charge in [-0.2, -0.15) is 0 Å². The van der Waals surface area contributed by atoms with Gasteiger partial charge in [-0.3, -0.25) is 4.79 Å². The summed E-state index contributed by atoms with van der Waals surface area (Å²) < 4.78 is 0. The molecule has 0 radical (unpaired) electrons. The fourth-order valence-electron chi connectivity index (χ4n) is 3.57. The molecule has 5 nitrogen and oxygen atoms in total. The fourth-order valence-corrected chi connectivity index (χ4v) is 3.57. The molecular weight excluding hydrogens is 312 g/mol. The smallest absolute Gasteiger partial charge is 0.267 e. The summed E-state index contributed by atoms with van der Waals surface area (Å²) in [5.41, 5.74) is 2.75. The highest BCUT2D eigenvalue weighted by molar-refractivity contribution is 5.98. The van der Waals surface area contributed by atoms with Crippen LogP contribution in [-0.4, -0.2) is 55.6 Å². The molecule has 2 heterocycles. The number of aromatic amines is 1. The van der Waals surface area contributed by atoms with Gasteiger partial charge in [-0.25, -0.2) is 0 Å². The van der Waals surface area contributed by atoms with E-state index in [1.54, 1.807) is 0 Å². The van der Waals surface area contributed by atoms with Gasteiger partial charge in [-0.15, -0.1) is 0 Å². The number of anilines is 1. The Morgan fingerprint density at radius 1 is 1.20 bits per heavy atom. The number of hydrogen-bond acceptors (Lipinski definition) is 3. The molecule has 1 aromatic heterocycles. The molecule has 1 atom stereocenters. The van der Waals surface area contributed by atoms with Crippen LogP contribution in [0.1, 0.15) is 43.1 Å². The molecule has 1 aliphatic rings. The molecule has 5 heteroatoms. The summed E-state index contributed by atoms with van der Waals surface area (Å²) in [5.74, 6) is -0.0232. The highest BCUT2D eigenvalue weighted by Crippen LogP contribution is 2.21. The van der Waals surface area contributed by atoms with Crippen LogP contribution >= 0.6 is 0 Å². The van der Waals surface area contributed by atoms with Crippen molar-refractivity contribution in [3.05, 3.63) is 30.0 Å². The Morgan fingerprint density at radius 3 is 2.60 bits per heavy atom. The van der Waals surface area contributed by atoms with Gasteiger partial charge in [0.1, 0.15) is 5.69 Å². The lowest BCUT2D eigenvalue weighted by atomic mass is 10.2. The van der Waals surface area contributed by atoms with Crippen LogP contribution in [0.4, 0.5) is 5.69 Å². The van der Waals surface area contributed by atoms with Crippen molar-refractivity contribution in [1.82, 2.24) is 15.2 Å². The average molecular weight is 342 g/mol. The minimum absolute atomic E-state index is 0.0232. The zero-order chi connectivity index (χ0) is 17.8. The van der Waals surface area contributed by atoms with Crippen LogP contribution in [0.2, 0.25) is 0 Å². The van der Waals surface area contributed by atoms with E-state index in [4.69, 9.17) is 0 Å². The second kappa shape index (κ2) is 7.91. The van der Waals surface area contributed by atoms with E-state index in [0.717, 1.165) is 36.2 Å². The molecule has 1 aliphatic heterocycles. The van der Waals surface area contributed by atoms with Gasteiger partial charge in [0.05, 0.1) is 0 Å². The molecule has 2 aromatic rings. The first-order valence-electron chi connectivity index (χ1n) is 9.36. The predicted molar refractivity (Wildman–Crippen MR) is 104 cm³/mol. The van der Waals surface area contributed by atoms with Gasteiger partial charge in [-0.1, -0.05) is 18.9 Å². The summed E-state index contributed by atoms with van der Waals surface area (Å²) in [6.07, 6.45) is 5.22. The first-order chi connectivity index (χ1) is 12.0. The molecule has 25 heavy (non-hydrogen) atoms. The van der Waals surface area contributed by atoms with E-state index >= 15 is 0 Å². The monoisotopic (exact) mass is 342 g/mol. The number of nitrogens with one attached hydrogen (secondary N) is 2. The Hall–Kier alpha value is -2.01. The second-order valence-corrected chi connectivity index (χ2v) is 7.44. The summed E-state index contributed by atoms with van der Waals surface area (Å²) in [6.45, 7) is 5.33. The van der Waals surface area contributed by atoms with Crippen molar-refractivity contribution in [3.63, 3.8) is 0 Å². The maximum Gasteiger partial charge on any atom is 0.267 e. The lowest BCUT2D eigenvalue weighted by Crippen LogP contribution is -2.42. The maximum atomic E-state index is 12.6. The fraction of sp³-hybridized carbons (Fsp3) is 0.550. The SMILES string of the molecule is C[C@H](CN1CCCCCC1)NC(=O)c1cc2ccc(N(C)C)cc2[nH]1. The van der Waals surface area contributed by atoms with E-state index in [1.165, 1.54) is 25.7 Å². The number of nitrogens with zero attached hydrogens (tertiary/aromatic N) is 2. The first kappa shape index (κ1) is 17.8. The van der Waals surface area contributed by atoms with Crippen molar-refractivity contribution < 1.29 is 4.79 Å². The normalized spacial score (nSPS) is 17.2. The molecule has 0 aliphatic carbocycles. The molecule has 136 valence electrons. The third-order valence-corrected chi connectivity index (χ3v) is 4.98. The molecule has 0 spiro atoms. The van der Waals surface area contributed by atoms with E-state index < -0.39 is 0 Å². The molecule has 2 N–H and O–H groups in total. The minimum Gasteiger partial charge on any atom is -0.378 e. The Morgan fingerprint density at radius 2 is 1.92 bits per heavy atom. The molecule has 0 bridgehead atoms. The molecule has 3 rings (SSSR count). The van der Waals surface area contributed by atoms with Crippen molar-refractivity contribution in [2.45, 2.75) is 38.6 Å². The number of aromatic nitrogens is 1. The molecule has 0 unspecified atom stereocenters. The van der Waals surface area contributed by atoms with Crippen LogP contribution in [0, 0.1) is 0 Å². The van der Waals surface area contributed by atoms with Crippen LogP contribution in [0.3, 0.4) is 0 Å². The van der Waals surface area contributed by atoms with E-state index in [-0.39, 0.29) is 11.9 Å². The number of carbonyl (C=O) groups is 1. The Balaban J connectivity index is 1.63. The van der Waals surface area contributed by atoms with Gasteiger partial charge in [0.25, 0.3) is 5.91 Å². The van der Waals surface area contributed by atoms with Gasteiger partial charge < -0.3 is 20.1 Å². The third kappa shape index (κ3) is 4.54. The number of amides is 1. The van der Waals surface area contributed by atoms with Crippen molar-refractivity contribution in [2.24, 2.45) is 0 Å². The predicted octanol–water partition coefficient (Wildman–Crippen LogP) is 3.23. The molecule has 1 fully saturated rings. The van der Waals surface area contributed by atoms with Gasteiger partial charge in [0.2, 0.25) is 0 Å². The number of hydrogen-bond donors (Lipinski definition) is 2. The van der Waals surface area contributed by atoms with E-state index in [9.17, 15) is 4.79 Å². The molecule has 1 saturated heterocycles. The van der Waals surface area contributed by atoms with Crippen LogP contribution < -0.4 is 10.2 Å². The summed E-state index contributed by atoms with van der Waals surface area (Å²) in [7, 11) is 4.03. The highest BCUT2D eigenvalue weighted by Gasteiger charge is 2.16. The summed E-state index contributed by atoms with van der Waals surface area (Å²) in [5, 5.41) is 4.21. The van der Waals surface area contributed by atoms with E-state index in [0.29, 0.717) is 5.69 Å². The van der Waals surface area contributed by atoms with Crippen LogP contribution in [0.5, 0.6) is 0 Å². The van der Waals surface area contributed by atoms with Gasteiger partial charge in [0.15, 0.2) is 0 Å². The third-order valence-electron chi connectivity index (χ3n) is 4.98. The van der Waals surface area contributed by atoms with Gasteiger partial charge >= 0.3 is 0 Å². The van der Waals surface area contributed by atoms with Crippen molar-refractivity contribution in [2.75, 3.05) is 38.6 Å².